The second-order valence-corrected chi connectivity index (χ2v) is 1.52. The average Bonchev–Trinajstić information content (AvgIpc) is 1.35. The molecule has 0 bridgehead atoms. The van der Waals surface area contributed by atoms with Gasteiger partial charge in [-0.1, -0.05) is 11.6 Å². The first-order valence-corrected chi connectivity index (χ1v) is 2.14. The lowest BCUT2D eigenvalue weighted by Gasteiger charge is -1.83. The Kier molecular flexibility index (Phi) is 3.04. The molecule has 0 aromatic heterocycles. The molecule has 0 aromatic carbocycles. The molecule has 0 aliphatic heterocycles. The van der Waals surface area contributed by atoms with E-state index in [9.17, 15) is 0 Å². The summed E-state index contributed by atoms with van der Waals surface area (Å²) < 4.78 is 0. The lowest BCUT2D eigenvalue weighted by molar-refractivity contribution is 0.910. The van der Waals surface area contributed by atoms with E-state index in [1.54, 1.807) is 14.0 Å². The second kappa shape index (κ2) is 3.09. The van der Waals surface area contributed by atoms with E-state index in [-0.39, 0.29) is 5.50 Å². The van der Waals surface area contributed by atoms with E-state index in [1.165, 1.54) is 0 Å². The van der Waals surface area contributed by atoms with E-state index >= 15 is 0 Å². The van der Waals surface area contributed by atoms with Crippen LogP contribution in [0, 0.1) is 0 Å². The molecule has 36 valence electrons. The van der Waals surface area contributed by atoms with Gasteiger partial charge in [-0.25, -0.2) is 0 Å². The number of alkyl halides is 1. The number of rotatable bonds is 1. The summed E-state index contributed by atoms with van der Waals surface area (Å²) in [6.07, 6.45) is 0. The highest BCUT2D eigenvalue weighted by Crippen LogP contribution is 1.92. The van der Waals surface area contributed by atoms with E-state index in [4.69, 9.17) is 11.6 Å². The zero-order valence-corrected chi connectivity index (χ0v) is 4.61. The van der Waals surface area contributed by atoms with Crippen molar-refractivity contribution >= 4 is 11.6 Å². The summed E-state index contributed by atoms with van der Waals surface area (Å²) in [5, 5.41) is 6.94. The molecule has 2 nitrogen and oxygen atoms in total. The lowest BCUT2D eigenvalue weighted by Crippen LogP contribution is -1.77. The molecule has 0 saturated carbocycles. The van der Waals surface area contributed by atoms with Crippen LogP contribution >= 0.6 is 11.6 Å². The van der Waals surface area contributed by atoms with E-state index in [0.29, 0.717) is 0 Å². The van der Waals surface area contributed by atoms with Gasteiger partial charge in [0.05, 0.1) is 0 Å². The highest BCUT2D eigenvalue weighted by atomic mass is 35.5. The molecular weight excluding hydrogens is 99.5 g/mol. The van der Waals surface area contributed by atoms with Gasteiger partial charge in [-0.05, 0) is 6.92 Å². The third kappa shape index (κ3) is 3.89. The number of halogens is 1. The predicted octanol–water partition coefficient (Wildman–Crippen LogP) is 1.65. The van der Waals surface area contributed by atoms with Crippen molar-refractivity contribution in [3.05, 3.63) is 0 Å². The molecule has 0 aliphatic rings. The SMILES string of the molecule is CN=NC(C)Cl. The first-order chi connectivity index (χ1) is 2.77. The van der Waals surface area contributed by atoms with Crippen molar-refractivity contribution in [3.63, 3.8) is 0 Å². The zero-order valence-electron chi connectivity index (χ0n) is 3.85. The Morgan fingerprint density at radius 2 is 2.17 bits per heavy atom. The Balaban J connectivity index is 3.03. The molecule has 1 atom stereocenters. The summed E-state index contributed by atoms with van der Waals surface area (Å²) in [7, 11) is 1.60. The van der Waals surface area contributed by atoms with Crippen molar-refractivity contribution in [2.75, 3.05) is 7.05 Å². The Morgan fingerprint density at radius 3 is 2.17 bits per heavy atom. The topological polar surface area (TPSA) is 24.7 Å². The number of nitrogens with zero attached hydrogens (tertiary/aromatic N) is 2. The zero-order chi connectivity index (χ0) is 4.99. The van der Waals surface area contributed by atoms with Crippen molar-refractivity contribution in [3.8, 4) is 0 Å². The van der Waals surface area contributed by atoms with Crippen LogP contribution in [0.15, 0.2) is 10.2 Å². The molecule has 0 saturated heterocycles. The lowest BCUT2D eigenvalue weighted by atomic mass is 10.8. The molecule has 0 heterocycles. The summed E-state index contributed by atoms with van der Waals surface area (Å²) >= 11 is 5.32. The van der Waals surface area contributed by atoms with Crippen LogP contribution in [0.25, 0.3) is 0 Å². The number of hydrogen-bond acceptors (Lipinski definition) is 2. The van der Waals surface area contributed by atoms with Crippen LogP contribution in [0.5, 0.6) is 0 Å². The third-order valence-corrected chi connectivity index (χ3v) is 0.362. The fourth-order valence-corrected chi connectivity index (χ4v) is 0.246. The summed E-state index contributed by atoms with van der Waals surface area (Å²) in [6, 6.07) is 0. The molecule has 0 radical (unpaired) electrons. The van der Waals surface area contributed by atoms with E-state index in [1.807, 2.05) is 0 Å². The molecule has 0 fully saturated rings. The van der Waals surface area contributed by atoms with E-state index in [2.05, 4.69) is 10.2 Å². The van der Waals surface area contributed by atoms with Crippen molar-refractivity contribution in [1.82, 2.24) is 0 Å². The molecular formula is C3H7ClN2. The fraction of sp³-hybridized carbons (Fsp3) is 1.00. The highest BCUT2D eigenvalue weighted by Gasteiger charge is 1.82. The standard InChI is InChI=1S/C3H7ClN2/c1-3(4)6-5-2/h3H,1-2H3. The Bertz CT molecular complexity index is 50.8. The Hall–Kier alpha value is -0.110. The maximum Gasteiger partial charge on any atom is 0.141 e. The first kappa shape index (κ1) is 5.89. The van der Waals surface area contributed by atoms with Crippen molar-refractivity contribution in [1.29, 1.82) is 0 Å². The predicted molar refractivity (Wildman–Crippen MR) is 26.1 cm³/mol. The van der Waals surface area contributed by atoms with Crippen LogP contribution in [0.3, 0.4) is 0 Å². The molecule has 0 amide bonds. The van der Waals surface area contributed by atoms with E-state index < -0.39 is 0 Å². The second-order valence-electron chi connectivity index (χ2n) is 0.889. The van der Waals surface area contributed by atoms with Gasteiger partial charge in [0.25, 0.3) is 0 Å². The maximum absolute atomic E-state index is 5.32. The highest BCUT2D eigenvalue weighted by molar-refractivity contribution is 6.20. The van der Waals surface area contributed by atoms with Crippen molar-refractivity contribution in [2.24, 2.45) is 10.2 Å². The minimum atomic E-state index is -0.171. The van der Waals surface area contributed by atoms with Gasteiger partial charge in [0.15, 0.2) is 0 Å². The normalized spacial score (nSPS) is 15.8. The quantitative estimate of drug-likeness (QED) is 0.276. The molecule has 0 N–H and O–H groups in total. The van der Waals surface area contributed by atoms with Gasteiger partial charge in [-0.15, -0.1) is 0 Å². The van der Waals surface area contributed by atoms with Crippen LogP contribution in [0.2, 0.25) is 0 Å². The van der Waals surface area contributed by atoms with Crippen molar-refractivity contribution < 1.29 is 0 Å². The molecule has 0 rings (SSSR count). The Morgan fingerprint density at radius 1 is 1.67 bits per heavy atom. The van der Waals surface area contributed by atoms with Gasteiger partial charge in [-0.3, -0.25) is 0 Å². The van der Waals surface area contributed by atoms with Gasteiger partial charge in [0.2, 0.25) is 0 Å². The average molecular weight is 107 g/mol. The molecule has 6 heavy (non-hydrogen) atoms. The number of hydrogen-bond donors (Lipinski definition) is 0. The largest absolute Gasteiger partial charge is 0.196 e. The van der Waals surface area contributed by atoms with Crippen LogP contribution in [-0.2, 0) is 0 Å². The van der Waals surface area contributed by atoms with Gasteiger partial charge in [0.1, 0.15) is 5.50 Å². The summed E-state index contributed by atoms with van der Waals surface area (Å²) in [5.74, 6) is 0. The first-order valence-electron chi connectivity index (χ1n) is 1.70. The fourth-order valence-electron chi connectivity index (χ4n) is 0.159. The van der Waals surface area contributed by atoms with Gasteiger partial charge >= 0.3 is 0 Å². The summed E-state index contributed by atoms with van der Waals surface area (Å²) in [5.41, 5.74) is -0.171. The maximum atomic E-state index is 5.32. The molecule has 0 spiro atoms. The third-order valence-electron chi connectivity index (χ3n) is 0.275. The van der Waals surface area contributed by atoms with Crippen LogP contribution in [-0.4, -0.2) is 12.5 Å². The minimum absolute atomic E-state index is 0.171. The van der Waals surface area contributed by atoms with Crippen LogP contribution < -0.4 is 0 Å². The van der Waals surface area contributed by atoms with E-state index in [0.717, 1.165) is 0 Å². The summed E-state index contributed by atoms with van der Waals surface area (Å²) in [6.45, 7) is 1.76. The van der Waals surface area contributed by atoms with Gasteiger partial charge in [-0.2, -0.15) is 10.2 Å². The van der Waals surface area contributed by atoms with Gasteiger partial charge in [0, 0.05) is 7.05 Å². The van der Waals surface area contributed by atoms with Crippen LogP contribution in [0.1, 0.15) is 6.92 Å². The Labute approximate surface area is 42.2 Å². The smallest absolute Gasteiger partial charge is 0.141 e. The molecule has 3 heteroatoms. The summed E-state index contributed by atoms with van der Waals surface area (Å²) in [4.78, 5) is 0. The monoisotopic (exact) mass is 106 g/mol. The minimum Gasteiger partial charge on any atom is -0.196 e. The van der Waals surface area contributed by atoms with Crippen LogP contribution in [0.4, 0.5) is 0 Å². The number of azo groups is 1. The van der Waals surface area contributed by atoms with Crippen molar-refractivity contribution in [2.45, 2.75) is 12.4 Å². The van der Waals surface area contributed by atoms with Gasteiger partial charge < -0.3 is 0 Å². The molecule has 0 aliphatic carbocycles. The molecule has 1 unspecified atom stereocenters. The molecule has 0 aromatic rings.